The van der Waals surface area contributed by atoms with Gasteiger partial charge in [0, 0.05) is 32.4 Å². The van der Waals surface area contributed by atoms with Crippen molar-refractivity contribution in [2.45, 2.75) is 0 Å². The van der Waals surface area contributed by atoms with E-state index in [9.17, 15) is 23.5 Å². The Balaban J connectivity index is 0.00000256. The zero-order chi connectivity index (χ0) is 20.7. The van der Waals surface area contributed by atoms with Gasteiger partial charge >= 0.3 is 5.97 Å². The molecular formula is C19H18ClF2N5O3. The van der Waals surface area contributed by atoms with E-state index in [4.69, 9.17) is 0 Å². The average Bonchev–Trinajstić information content (AvgIpc) is 2.70. The zero-order valence-electron chi connectivity index (χ0n) is 15.9. The van der Waals surface area contributed by atoms with Crippen molar-refractivity contribution in [2.24, 2.45) is 0 Å². The van der Waals surface area contributed by atoms with Crippen LogP contribution in [0, 0.1) is 11.6 Å². The van der Waals surface area contributed by atoms with Crippen molar-refractivity contribution in [3.05, 3.63) is 58.0 Å². The first kappa shape index (κ1) is 21.6. The van der Waals surface area contributed by atoms with Gasteiger partial charge in [0.15, 0.2) is 17.3 Å². The molecule has 11 heteroatoms. The highest BCUT2D eigenvalue weighted by Crippen LogP contribution is 2.24. The molecule has 1 N–H and O–H groups in total. The third-order valence-corrected chi connectivity index (χ3v) is 4.90. The lowest BCUT2D eigenvalue weighted by Crippen LogP contribution is -2.45. The minimum absolute atomic E-state index is 0. The molecule has 4 rings (SSSR count). The number of rotatable bonds is 3. The highest BCUT2D eigenvalue weighted by atomic mass is 35.5. The maximum atomic E-state index is 14.8. The van der Waals surface area contributed by atoms with Crippen LogP contribution in [-0.2, 0) is 0 Å². The minimum Gasteiger partial charge on any atom is -0.477 e. The van der Waals surface area contributed by atoms with Gasteiger partial charge in [0.25, 0.3) is 0 Å². The summed E-state index contributed by atoms with van der Waals surface area (Å²) in [6.45, 7) is 2.56. The molecule has 30 heavy (non-hydrogen) atoms. The minimum atomic E-state index is -1.46. The quantitative estimate of drug-likeness (QED) is 0.669. The summed E-state index contributed by atoms with van der Waals surface area (Å²) in [5.74, 6) is -2.52. The number of hydrogen-bond acceptors (Lipinski definition) is 6. The van der Waals surface area contributed by atoms with Crippen LogP contribution in [0.25, 0.3) is 16.9 Å². The summed E-state index contributed by atoms with van der Waals surface area (Å²) < 4.78 is 29.4. The van der Waals surface area contributed by atoms with Crippen molar-refractivity contribution in [1.29, 1.82) is 0 Å². The maximum absolute atomic E-state index is 14.8. The molecule has 0 atom stereocenters. The number of hydrogen-bond donors (Lipinski definition) is 1. The highest BCUT2D eigenvalue weighted by molar-refractivity contribution is 5.92. The van der Waals surface area contributed by atoms with Crippen molar-refractivity contribution in [2.75, 3.05) is 38.1 Å². The van der Waals surface area contributed by atoms with Crippen LogP contribution in [0.15, 0.2) is 35.4 Å². The van der Waals surface area contributed by atoms with E-state index in [0.29, 0.717) is 13.1 Å². The normalized spacial score (nSPS) is 14.6. The van der Waals surface area contributed by atoms with Gasteiger partial charge in [-0.15, -0.1) is 12.4 Å². The number of likely N-dealkylation sites (N-methyl/N-ethyl adjacent to an activating group) is 1. The smallest absolute Gasteiger partial charge is 0.341 e. The number of fused-ring (bicyclic) bond motifs is 1. The predicted octanol–water partition coefficient (Wildman–Crippen LogP) is 1.93. The molecule has 158 valence electrons. The van der Waals surface area contributed by atoms with E-state index in [1.807, 2.05) is 7.05 Å². The molecule has 1 saturated heterocycles. The van der Waals surface area contributed by atoms with Crippen LogP contribution in [0.1, 0.15) is 10.4 Å². The molecule has 0 saturated carbocycles. The number of anilines is 1. The van der Waals surface area contributed by atoms with Gasteiger partial charge in [0.1, 0.15) is 17.2 Å². The third-order valence-electron chi connectivity index (χ3n) is 4.90. The van der Waals surface area contributed by atoms with E-state index in [0.717, 1.165) is 37.6 Å². The molecule has 1 aliphatic rings. The fraction of sp³-hybridized carbons (Fsp3) is 0.263. The molecule has 4 heterocycles. The van der Waals surface area contributed by atoms with E-state index < -0.39 is 28.6 Å². The SMILES string of the molecule is CN1CCN(c2nc3c(cc2F)c(=O)c(C(=O)O)cn3-c2ccc(F)cn2)CC1.Cl. The Morgan fingerprint density at radius 2 is 1.87 bits per heavy atom. The Bertz CT molecular complexity index is 1160. The Labute approximate surface area is 175 Å². The van der Waals surface area contributed by atoms with Crippen molar-refractivity contribution in [3.63, 3.8) is 0 Å². The molecule has 8 nitrogen and oxygen atoms in total. The van der Waals surface area contributed by atoms with Crippen LogP contribution in [0.2, 0.25) is 0 Å². The average molecular weight is 438 g/mol. The van der Waals surface area contributed by atoms with E-state index in [1.54, 1.807) is 4.90 Å². The van der Waals surface area contributed by atoms with Crippen molar-refractivity contribution in [3.8, 4) is 5.82 Å². The summed E-state index contributed by atoms with van der Waals surface area (Å²) in [5.41, 5.74) is -1.35. The number of piperazine rings is 1. The lowest BCUT2D eigenvalue weighted by atomic mass is 10.1. The standard InChI is InChI=1S/C19H17F2N5O3.ClH/c1-24-4-6-25(7-5-24)18-14(21)8-12-16(27)13(19(28)29)10-26(17(12)23-18)15-3-2-11(20)9-22-15;/h2-3,8-10H,4-7H2,1H3,(H,28,29);1H. The summed E-state index contributed by atoms with van der Waals surface area (Å²) in [7, 11) is 1.97. The van der Waals surface area contributed by atoms with E-state index in [2.05, 4.69) is 14.9 Å². The number of carboxylic acids is 1. The summed E-state index contributed by atoms with van der Waals surface area (Å²) in [4.78, 5) is 36.3. The van der Waals surface area contributed by atoms with Gasteiger partial charge in [-0.1, -0.05) is 0 Å². The Morgan fingerprint density at radius 3 is 2.47 bits per heavy atom. The molecule has 0 radical (unpaired) electrons. The number of pyridine rings is 3. The maximum Gasteiger partial charge on any atom is 0.341 e. The Kier molecular flexibility index (Phi) is 5.99. The topological polar surface area (TPSA) is 91.6 Å². The number of nitrogens with zero attached hydrogens (tertiary/aromatic N) is 5. The number of carbonyl (C=O) groups is 1. The van der Waals surface area contributed by atoms with Gasteiger partial charge in [-0.25, -0.2) is 23.5 Å². The van der Waals surface area contributed by atoms with E-state index in [1.165, 1.54) is 10.6 Å². The second kappa shape index (κ2) is 8.33. The lowest BCUT2D eigenvalue weighted by molar-refractivity contribution is 0.0695. The van der Waals surface area contributed by atoms with Gasteiger partial charge in [-0.3, -0.25) is 9.36 Å². The Hall–Kier alpha value is -3.11. The van der Waals surface area contributed by atoms with Crippen LogP contribution in [0.5, 0.6) is 0 Å². The molecule has 0 unspecified atom stereocenters. The third kappa shape index (κ3) is 3.83. The monoisotopic (exact) mass is 437 g/mol. The number of aromatic carboxylic acids is 1. The zero-order valence-corrected chi connectivity index (χ0v) is 16.7. The molecule has 1 fully saturated rings. The molecule has 3 aromatic heterocycles. The van der Waals surface area contributed by atoms with Crippen LogP contribution < -0.4 is 10.3 Å². The lowest BCUT2D eigenvalue weighted by Gasteiger charge is -2.33. The second-order valence-corrected chi connectivity index (χ2v) is 6.84. The van der Waals surface area contributed by atoms with E-state index in [-0.39, 0.29) is 35.1 Å². The van der Waals surface area contributed by atoms with Crippen LogP contribution >= 0.6 is 12.4 Å². The van der Waals surface area contributed by atoms with Crippen molar-refractivity contribution in [1.82, 2.24) is 19.4 Å². The van der Waals surface area contributed by atoms with Crippen LogP contribution in [-0.4, -0.2) is 63.7 Å². The predicted molar refractivity (Wildman–Crippen MR) is 109 cm³/mol. The number of carboxylic acid groups (broad SMARTS) is 1. The second-order valence-electron chi connectivity index (χ2n) is 6.84. The largest absolute Gasteiger partial charge is 0.477 e. The molecule has 0 aliphatic carbocycles. The first-order valence-corrected chi connectivity index (χ1v) is 8.90. The van der Waals surface area contributed by atoms with Gasteiger partial charge in [0.05, 0.1) is 11.6 Å². The van der Waals surface area contributed by atoms with Crippen LogP contribution in [0.4, 0.5) is 14.6 Å². The van der Waals surface area contributed by atoms with Crippen LogP contribution in [0.3, 0.4) is 0 Å². The van der Waals surface area contributed by atoms with E-state index >= 15 is 0 Å². The molecule has 0 bridgehead atoms. The molecule has 0 spiro atoms. The van der Waals surface area contributed by atoms with Gasteiger partial charge in [0.2, 0.25) is 5.43 Å². The summed E-state index contributed by atoms with van der Waals surface area (Å²) in [6, 6.07) is 3.48. The summed E-state index contributed by atoms with van der Waals surface area (Å²) in [6.07, 6.45) is 2.04. The highest BCUT2D eigenvalue weighted by Gasteiger charge is 2.23. The first-order valence-electron chi connectivity index (χ1n) is 8.90. The molecule has 1 aliphatic heterocycles. The Morgan fingerprint density at radius 1 is 1.17 bits per heavy atom. The fourth-order valence-corrected chi connectivity index (χ4v) is 3.29. The van der Waals surface area contributed by atoms with Gasteiger partial charge in [-0.05, 0) is 25.2 Å². The molecule has 0 amide bonds. The van der Waals surface area contributed by atoms with Crippen molar-refractivity contribution < 1.29 is 18.7 Å². The van der Waals surface area contributed by atoms with Gasteiger partial charge < -0.3 is 14.9 Å². The molecule has 0 aromatic carbocycles. The number of halogens is 3. The molecular weight excluding hydrogens is 420 g/mol. The number of aromatic nitrogens is 3. The summed E-state index contributed by atoms with van der Waals surface area (Å²) in [5, 5.41) is 9.18. The first-order chi connectivity index (χ1) is 13.8. The van der Waals surface area contributed by atoms with Crippen molar-refractivity contribution >= 4 is 35.2 Å². The van der Waals surface area contributed by atoms with Gasteiger partial charge in [-0.2, -0.15) is 0 Å². The summed E-state index contributed by atoms with van der Waals surface area (Å²) >= 11 is 0. The molecule has 3 aromatic rings. The fourth-order valence-electron chi connectivity index (χ4n) is 3.29.